The summed E-state index contributed by atoms with van der Waals surface area (Å²) in [6, 6.07) is 13.4. The summed E-state index contributed by atoms with van der Waals surface area (Å²) in [7, 11) is 1.76. The maximum atomic E-state index is 12.4. The van der Waals surface area contributed by atoms with Crippen molar-refractivity contribution in [2.24, 2.45) is 7.05 Å². The highest BCUT2D eigenvalue weighted by molar-refractivity contribution is 5.93. The molecule has 0 saturated carbocycles. The zero-order valence-electron chi connectivity index (χ0n) is 13.0. The topological polar surface area (TPSA) is 72.7 Å². The van der Waals surface area contributed by atoms with Gasteiger partial charge in [0.25, 0.3) is 5.91 Å². The zero-order valence-corrected chi connectivity index (χ0v) is 13.0. The molecule has 3 aromatic rings. The van der Waals surface area contributed by atoms with Gasteiger partial charge in [0.05, 0.1) is 17.9 Å². The Labute approximate surface area is 134 Å². The molecule has 3 rings (SSSR count). The molecular weight excluding hydrogens is 290 g/mol. The lowest BCUT2D eigenvalue weighted by Gasteiger charge is -2.05. The van der Waals surface area contributed by atoms with Crippen LogP contribution >= 0.6 is 0 Å². The number of hydrogen-bond acceptors (Lipinski definition) is 4. The first kappa shape index (κ1) is 14.9. The van der Waals surface area contributed by atoms with Crippen LogP contribution in [0.1, 0.15) is 21.9 Å². The third-order valence-electron chi connectivity index (χ3n) is 3.47. The second-order valence-electron chi connectivity index (χ2n) is 5.24. The molecule has 0 saturated heterocycles. The first-order valence-corrected chi connectivity index (χ1v) is 7.28. The monoisotopic (exact) mass is 307 g/mol. The molecule has 23 heavy (non-hydrogen) atoms. The number of aryl methyl sites for hydroxylation is 2. The molecule has 0 aliphatic heterocycles. The summed E-state index contributed by atoms with van der Waals surface area (Å²) in [5, 5.41) is 7.26. The Morgan fingerprint density at radius 1 is 1.17 bits per heavy atom. The Bertz CT molecular complexity index is 826. The van der Waals surface area contributed by atoms with E-state index in [2.05, 4.69) is 20.4 Å². The van der Waals surface area contributed by atoms with Crippen molar-refractivity contribution in [1.82, 2.24) is 25.1 Å². The lowest BCUT2D eigenvalue weighted by molar-refractivity contribution is 0.0941. The molecule has 0 bridgehead atoms. The number of nitrogens with one attached hydrogen (secondary N) is 1. The summed E-state index contributed by atoms with van der Waals surface area (Å²) in [5.41, 5.74) is 3.91. The molecule has 0 fully saturated rings. The largest absolute Gasteiger partial charge is 0.345 e. The van der Waals surface area contributed by atoms with Gasteiger partial charge in [-0.3, -0.25) is 9.48 Å². The summed E-state index contributed by atoms with van der Waals surface area (Å²) in [5.74, 6) is -0.182. The number of carbonyl (C=O) groups excluding carboxylic acids is 1. The summed E-state index contributed by atoms with van der Waals surface area (Å²) in [6.45, 7) is 2.24. The smallest absolute Gasteiger partial charge is 0.269 e. The van der Waals surface area contributed by atoms with Gasteiger partial charge in [0, 0.05) is 18.3 Å². The van der Waals surface area contributed by atoms with Gasteiger partial charge in [-0.05, 0) is 19.1 Å². The maximum absolute atomic E-state index is 12.4. The van der Waals surface area contributed by atoms with Gasteiger partial charge in [0.1, 0.15) is 12.0 Å². The molecule has 116 valence electrons. The molecule has 0 atom stereocenters. The Morgan fingerprint density at radius 3 is 2.70 bits per heavy atom. The van der Waals surface area contributed by atoms with Crippen LogP contribution < -0.4 is 5.32 Å². The van der Waals surface area contributed by atoms with Crippen molar-refractivity contribution >= 4 is 5.91 Å². The first-order valence-electron chi connectivity index (χ1n) is 7.28. The van der Waals surface area contributed by atoms with Gasteiger partial charge in [-0.15, -0.1) is 0 Å². The van der Waals surface area contributed by atoms with E-state index >= 15 is 0 Å². The van der Waals surface area contributed by atoms with Crippen LogP contribution in [0.15, 0.2) is 48.8 Å². The number of carbonyl (C=O) groups is 1. The van der Waals surface area contributed by atoms with Crippen molar-refractivity contribution in [2.45, 2.75) is 13.5 Å². The van der Waals surface area contributed by atoms with Crippen LogP contribution in [0.2, 0.25) is 0 Å². The highest BCUT2D eigenvalue weighted by Gasteiger charge is 2.14. The van der Waals surface area contributed by atoms with E-state index < -0.39 is 0 Å². The van der Waals surface area contributed by atoms with E-state index in [9.17, 15) is 4.79 Å². The molecule has 0 spiro atoms. The quantitative estimate of drug-likeness (QED) is 0.801. The Hall–Kier alpha value is -3.02. The van der Waals surface area contributed by atoms with Crippen LogP contribution in [0.4, 0.5) is 0 Å². The first-order chi connectivity index (χ1) is 11.1. The predicted molar refractivity (Wildman–Crippen MR) is 86.6 cm³/mol. The summed E-state index contributed by atoms with van der Waals surface area (Å²) < 4.78 is 1.59. The summed E-state index contributed by atoms with van der Waals surface area (Å²) >= 11 is 0. The molecule has 0 unspecified atom stereocenters. The second-order valence-corrected chi connectivity index (χ2v) is 5.24. The fraction of sp³-hybridized carbons (Fsp3) is 0.176. The minimum absolute atomic E-state index is 0.182. The summed E-state index contributed by atoms with van der Waals surface area (Å²) in [4.78, 5) is 20.5. The highest BCUT2D eigenvalue weighted by atomic mass is 16.2. The van der Waals surface area contributed by atoms with Crippen LogP contribution in [-0.4, -0.2) is 25.7 Å². The number of hydrogen-bond donors (Lipinski definition) is 1. The lowest BCUT2D eigenvalue weighted by atomic mass is 10.1. The van der Waals surface area contributed by atoms with E-state index in [1.54, 1.807) is 17.8 Å². The molecule has 0 aliphatic rings. The van der Waals surface area contributed by atoms with Crippen molar-refractivity contribution < 1.29 is 4.79 Å². The van der Waals surface area contributed by atoms with Crippen LogP contribution in [-0.2, 0) is 13.6 Å². The molecule has 1 aromatic carbocycles. The molecular formula is C17H17N5O. The van der Waals surface area contributed by atoms with Crippen molar-refractivity contribution in [2.75, 3.05) is 0 Å². The number of amides is 1. The maximum Gasteiger partial charge on any atom is 0.269 e. The van der Waals surface area contributed by atoms with Crippen LogP contribution in [0.3, 0.4) is 0 Å². The van der Waals surface area contributed by atoms with Gasteiger partial charge in [-0.25, -0.2) is 9.97 Å². The van der Waals surface area contributed by atoms with Crippen LogP contribution in [0, 0.1) is 6.92 Å². The molecule has 0 aliphatic carbocycles. The van der Waals surface area contributed by atoms with Gasteiger partial charge < -0.3 is 5.32 Å². The Balaban J connectivity index is 1.74. The average molecular weight is 307 g/mol. The SMILES string of the molecule is Cc1cc(CNC(=O)c2cc(-c3ccccc3)nn2C)ncn1. The van der Waals surface area contributed by atoms with E-state index in [0.717, 1.165) is 22.6 Å². The van der Waals surface area contributed by atoms with Gasteiger partial charge in [0.2, 0.25) is 0 Å². The van der Waals surface area contributed by atoms with E-state index in [1.165, 1.54) is 6.33 Å². The van der Waals surface area contributed by atoms with Crippen molar-refractivity contribution in [3.63, 3.8) is 0 Å². The molecule has 0 radical (unpaired) electrons. The minimum atomic E-state index is -0.182. The average Bonchev–Trinajstić information content (AvgIpc) is 2.95. The Morgan fingerprint density at radius 2 is 1.96 bits per heavy atom. The fourth-order valence-corrected chi connectivity index (χ4v) is 2.30. The standard InChI is InChI=1S/C17H17N5O/c1-12-8-14(20-11-19-12)10-18-17(23)16-9-15(21-22(16)2)13-6-4-3-5-7-13/h3-9,11H,10H2,1-2H3,(H,18,23). The number of benzene rings is 1. The zero-order chi connectivity index (χ0) is 16.2. The molecule has 6 nitrogen and oxygen atoms in total. The number of nitrogens with zero attached hydrogens (tertiary/aromatic N) is 4. The van der Waals surface area contributed by atoms with Gasteiger partial charge in [0.15, 0.2) is 0 Å². The van der Waals surface area contributed by atoms with Crippen molar-refractivity contribution in [3.8, 4) is 11.3 Å². The molecule has 1 amide bonds. The molecule has 1 N–H and O–H groups in total. The van der Waals surface area contributed by atoms with E-state index in [-0.39, 0.29) is 5.91 Å². The van der Waals surface area contributed by atoms with E-state index in [1.807, 2.05) is 43.3 Å². The van der Waals surface area contributed by atoms with Crippen molar-refractivity contribution in [3.05, 3.63) is 65.9 Å². The van der Waals surface area contributed by atoms with Gasteiger partial charge >= 0.3 is 0 Å². The third kappa shape index (κ3) is 3.42. The van der Waals surface area contributed by atoms with E-state index in [4.69, 9.17) is 0 Å². The fourth-order valence-electron chi connectivity index (χ4n) is 2.30. The number of rotatable bonds is 4. The highest BCUT2D eigenvalue weighted by Crippen LogP contribution is 2.18. The van der Waals surface area contributed by atoms with Crippen LogP contribution in [0.5, 0.6) is 0 Å². The molecule has 2 heterocycles. The Kier molecular flexibility index (Phi) is 4.14. The summed E-state index contributed by atoms with van der Waals surface area (Å²) in [6.07, 6.45) is 1.49. The van der Waals surface area contributed by atoms with E-state index in [0.29, 0.717) is 12.2 Å². The minimum Gasteiger partial charge on any atom is -0.345 e. The van der Waals surface area contributed by atoms with Gasteiger partial charge in [-0.1, -0.05) is 30.3 Å². The molecule has 6 heteroatoms. The molecule has 2 aromatic heterocycles. The van der Waals surface area contributed by atoms with Crippen LogP contribution in [0.25, 0.3) is 11.3 Å². The normalized spacial score (nSPS) is 10.5. The third-order valence-corrected chi connectivity index (χ3v) is 3.47. The van der Waals surface area contributed by atoms with Crippen molar-refractivity contribution in [1.29, 1.82) is 0 Å². The van der Waals surface area contributed by atoms with Gasteiger partial charge in [-0.2, -0.15) is 5.10 Å². The lowest BCUT2D eigenvalue weighted by Crippen LogP contribution is -2.25. The predicted octanol–water partition coefficient (Wildman–Crippen LogP) is 2.12. The number of aromatic nitrogens is 4. The second kappa shape index (κ2) is 6.39.